The molecule has 2 unspecified atom stereocenters. The summed E-state index contributed by atoms with van der Waals surface area (Å²) in [6.07, 6.45) is 2.01. The first-order chi connectivity index (χ1) is 11.5. The number of anilines is 1. The van der Waals surface area contributed by atoms with Crippen molar-refractivity contribution < 1.29 is 14.3 Å². The molecule has 1 aromatic carbocycles. The van der Waals surface area contributed by atoms with E-state index in [0.717, 1.165) is 23.9 Å². The second kappa shape index (κ2) is 8.38. The van der Waals surface area contributed by atoms with E-state index in [1.54, 1.807) is 6.07 Å². The fraction of sp³-hybridized carbons (Fsp3) is 0.529. The maximum atomic E-state index is 12.7. The second-order valence-electron chi connectivity index (χ2n) is 6.48. The third-order valence-corrected chi connectivity index (χ3v) is 5.21. The van der Waals surface area contributed by atoms with Crippen molar-refractivity contribution in [2.45, 2.75) is 25.8 Å². The van der Waals surface area contributed by atoms with Gasteiger partial charge >= 0.3 is 0 Å². The first-order valence-electron chi connectivity index (χ1n) is 8.22. The Hall–Kier alpha value is -1.31. The molecule has 2 heterocycles. The van der Waals surface area contributed by atoms with Crippen LogP contribution in [0.5, 0.6) is 5.75 Å². The number of halogens is 2. The number of nitrogens with two attached hydrogens (primary N) is 1. The number of carbonyl (C=O) groups excluding carboxylic acids is 2. The molecule has 2 aliphatic rings. The minimum Gasteiger partial charge on any atom is -0.482 e. The Morgan fingerprint density at radius 2 is 2.24 bits per heavy atom. The van der Waals surface area contributed by atoms with E-state index >= 15 is 0 Å². The molecule has 138 valence electrons. The van der Waals surface area contributed by atoms with Crippen LogP contribution in [0.3, 0.4) is 0 Å². The van der Waals surface area contributed by atoms with E-state index in [2.05, 4.69) is 15.9 Å². The van der Waals surface area contributed by atoms with Crippen molar-refractivity contribution >= 4 is 45.8 Å². The Morgan fingerprint density at radius 1 is 1.48 bits per heavy atom. The van der Waals surface area contributed by atoms with Gasteiger partial charge < -0.3 is 15.4 Å². The molecule has 1 fully saturated rings. The molecule has 0 bridgehead atoms. The van der Waals surface area contributed by atoms with Crippen LogP contribution in [-0.2, 0) is 9.59 Å². The van der Waals surface area contributed by atoms with Gasteiger partial charge in [0.1, 0.15) is 12.3 Å². The Labute approximate surface area is 162 Å². The molecular weight excluding hydrogens is 410 g/mol. The predicted molar refractivity (Wildman–Crippen MR) is 102 cm³/mol. The number of fused-ring (bicyclic) bond motifs is 1. The van der Waals surface area contributed by atoms with E-state index in [0.29, 0.717) is 23.9 Å². The molecule has 2 atom stereocenters. The molecule has 1 aromatic rings. The zero-order valence-corrected chi connectivity index (χ0v) is 16.5. The third kappa shape index (κ3) is 4.46. The zero-order valence-electron chi connectivity index (χ0n) is 14.1. The lowest BCUT2D eigenvalue weighted by Crippen LogP contribution is -2.50. The molecule has 8 heteroatoms. The molecule has 6 nitrogen and oxygen atoms in total. The Kier molecular flexibility index (Phi) is 6.71. The quantitative estimate of drug-likeness (QED) is 0.794. The number of carbonyl (C=O) groups is 2. The highest BCUT2D eigenvalue weighted by molar-refractivity contribution is 9.10. The van der Waals surface area contributed by atoms with Gasteiger partial charge in [0.25, 0.3) is 5.91 Å². The summed E-state index contributed by atoms with van der Waals surface area (Å²) in [6, 6.07) is 5.52. The van der Waals surface area contributed by atoms with Crippen LogP contribution in [0.4, 0.5) is 5.69 Å². The number of ether oxygens (including phenoxy) is 1. The summed E-state index contributed by atoms with van der Waals surface area (Å²) in [5, 5.41) is 0. The van der Waals surface area contributed by atoms with Crippen molar-refractivity contribution in [3.05, 3.63) is 22.7 Å². The fourth-order valence-electron chi connectivity index (χ4n) is 3.25. The minimum absolute atomic E-state index is 0. The lowest BCUT2D eigenvalue weighted by Gasteiger charge is -2.36. The number of hydrogen-bond acceptors (Lipinski definition) is 4. The summed E-state index contributed by atoms with van der Waals surface area (Å²) < 4.78 is 6.33. The van der Waals surface area contributed by atoms with E-state index in [9.17, 15) is 9.59 Å². The molecule has 0 aromatic heterocycles. The van der Waals surface area contributed by atoms with E-state index in [1.807, 2.05) is 24.0 Å². The van der Waals surface area contributed by atoms with E-state index in [1.165, 1.54) is 4.90 Å². The van der Waals surface area contributed by atoms with E-state index in [4.69, 9.17) is 10.5 Å². The van der Waals surface area contributed by atoms with Gasteiger partial charge in [-0.25, -0.2) is 0 Å². The molecule has 2 aliphatic heterocycles. The molecule has 25 heavy (non-hydrogen) atoms. The zero-order chi connectivity index (χ0) is 17.3. The van der Waals surface area contributed by atoms with Crippen LogP contribution in [0, 0.1) is 5.92 Å². The van der Waals surface area contributed by atoms with Crippen molar-refractivity contribution in [1.29, 1.82) is 0 Å². The molecule has 0 saturated carbocycles. The summed E-state index contributed by atoms with van der Waals surface area (Å²) in [6.45, 7) is 3.38. The van der Waals surface area contributed by atoms with Gasteiger partial charge in [0, 0.05) is 23.6 Å². The molecule has 3 rings (SSSR count). The highest BCUT2D eigenvalue weighted by atomic mass is 79.9. The summed E-state index contributed by atoms with van der Waals surface area (Å²) >= 11 is 3.39. The van der Waals surface area contributed by atoms with Crippen molar-refractivity contribution in [2.24, 2.45) is 11.7 Å². The summed E-state index contributed by atoms with van der Waals surface area (Å²) in [7, 11) is 0. The van der Waals surface area contributed by atoms with Crippen molar-refractivity contribution in [1.82, 2.24) is 4.90 Å². The lowest BCUT2D eigenvalue weighted by molar-refractivity contribution is -0.133. The van der Waals surface area contributed by atoms with Gasteiger partial charge in [-0.3, -0.25) is 14.5 Å². The normalized spacial score (nSPS) is 21.1. The molecular formula is C17H23BrClN3O3. The van der Waals surface area contributed by atoms with Crippen LogP contribution in [0.2, 0.25) is 0 Å². The van der Waals surface area contributed by atoms with Crippen LogP contribution < -0.4 is 15.4 Å². The van der Waals surface area contributed by atoms with Gasteiger partial charge in [0.05, 0.1) is 5.69 Å². The monoisotopic (exact) mass is 431 g/mol. The van der Waals surface area contributed by atoms with E-state index < -0.39 is 0 Å². The van der Waals surface area contributed by atoms with Crippen LogP contribution in [0.25, 0.3) is 0 Å². The number of nitrogens with zero attached hydrogens (tertiary/aromatic N) is 2. The van der Waals surface area contributed by atoms with Crippen LogP contribution in [0.1, 0.15) is 19.8 Å². The molecule has 0 spiro atoms. The summed E-state index contributed by atoms with van der Waals surface area (Å²) in [5.41, 5.74) is 6.63. The number of rotatable bonds is 3. The van der Waals surface area contributed by atoms with Crippen molar-refractivity contribution in [3.8, 4) is 5.75 Å². The van der Waals surface area contributed by atoms with Gasteiger partial charge in [0.2, 0.25) is 5.91 Å². The molecule has 2 amide bonds. The van der Waals surface area contributed by atoms with Gasteiger partial charge in [-0.1, -0.05) is 15.9 Å². The second-order valence-corrected chi connectivity index (χ2v) is 7.40. The van der Waals surface area contributed by atoms with Crippen molar-refractivity contribution in [2.75, 3.05) is 31.1 Å². The van der Waals surface area contributed by atoms with Crippen LogP contribution in [-0.4, -0.2) is 49.0 Å². The maximum Gasteiger partial charge on any atom is 0.265 e. The highest BCUT2D eigenvalue weighted by Crippen LogP contribution is 2.34. The minimum atomic E-state index is -0.195. The Morgan fingerprint density at radius 3 is 2.96 bits per heavy atom. The molecule has 1 saturated heterocycles. The number of likely N-dealkylation sites (tertiary alicyclic amines) is 1. The first-order valence-corrected chi connectivity index (χ1v) is 9.01. The SMILES string of the molecule is CC(N)C1CCCN(C(=O)CN2C(=O)COc3cc(Br)ccc32)C1.Cl. The van der Waals surface area contributed by atoms with Crippen LogP contribution in [0.15, 0.2) is 22.7 Å². The standard InChI is InChI=1S/C17H22BrN3O3.ClH/c1-11(19)12-3-2-6-20(8-12)16(22)9-21-14-5-4-13(18)7-15(14)24-10-17(21)23;/h4-5,7,11-12H,2-3,6,8-10,19H2,1H3;1H. The summed E-state index contributed by atoms with van der Waals surface area (Å²) in [5.74, 6) is 0.707. The van der Waals surface area contributed by atoms with Gasteiger partial charge in [-0.2, -0.15) is 0 Å². The molecule has 0 aliphatic carbocycles. The van der Waals surface area contributed by atoms with Crippen LogP contribution >= 0.6 is 28.3 Å². The van der Waals surface area contributed by atoms with Gasteiger partial charge in [-0.15, -0.1) is 12.4 Å². The third-order valence-electron chi connectivity index (χ3n) is 4.71. The van der Waals surface area contributed by atoms with Crippen molar-refractivity contribution in [3.63, 3.8) is 0 Å². The number of piperidine rings is 1. The highest BCUT2D eigenvalue weighted by Gasteiger charge is 2.31. The Bertz CT molecular complexity index is 656. The van der Waals surface area contributed by atoms with Gasteiger partial charge in [0.15, 0.2) is 6.61 Å². The van der Waals surface area contributed by atoms with E-state index in [-0.39, 0.29) is 43.4 Å². The number of hydrogen-bond donors (Lipinski definition) is 1. The largest absolute Gasteiger partial charge is 0.482 e. The predicted octanol–water partition coefficient (Wildman–Crippen LogP) is 2.18. The molecule has 0 radical (unpaired) electrons. The Balaban J connectivity index is 0.00000225. The smallest absolute Gasteiger partial charge is 0.265 e. The molecule has 2 N–H and O–H groups in total. The fourth-order valence-corrected chi connectivity index (χ4v) is 3.59. The maximum absolute atomic E-state index is 12.7. The average molecular weight is 433 g/mol. The van der Waals surface area contributed by atoms with Gasteiger partial charge in [-0.05, 0) is 43.9 Å². The first kappa shape index (κ1) is 20.0. The topological polar surface area (TPSA) is 75.9 Å². The number of amides is 2. The average Bonchev–Trinajstić information content (AvgIpc) is 2.57. The number of benzene rings is 1. The lowest BCUT2D eigenvalue weighted by atomic mass is 9.92. The summed E-state index contributed by atoms with van der Waals surface area (Å²) in [4.78, 5) is 28.3.